The third kappa shape index (κ3) is 4.50. The van der Waals surface area contributed by atoms with Gasteiger partial charge in [0.1, 0.15) is 6.54 Å². The maximum atomic E-state index is 13.4. The average Bonchev–Trinajstić information content (AvgIpc) is 3.06. The largest absolute Gasteiger partial charge is 0.292 e. The highest BCUT2D eigenvalue weighted by atomic mass is 79.9. The van der Waals surface area contributed by atoms with Gasteiger partial charge in [0.25, 0.3) is 23.4 Å². The number of non-ortho nitro benzene ring substituents is 1. The summed E-state index contributed by atoms with van der Waals surface area (Å²) in [6, 6.07) is 11.3. The normalized spacial score (nSPS) is 21.8. The SMILES string of the molecule is C[C@@H]1CC[C@@H]2C(=O)N(N(CC(=O)c3ccc(Br)cc3)C(=O)c3ccc([N+](=O)[O-])cc3)C(=O)[C@H]2C1. The van der Waals surface area contributed by atoms with E-state index in [-0.39, 0.29) is 17.2 Å². The van der Waals surface area contributed by atoms with Gasteiger partial charge in [0.2, 0.25) is 0 Å². The van der Waals surface area contributed by atoms with Crippen molar-refractivity contribution in [2.75, 3.05) is 6.54 Å². The number of imide groups is 1. The van der Waals surface area contributed by atoms with E-state index in [1.54, 1.807) is 24.3 Å². The molecule has 1 aliphatic carbocycles. The Balaban J connectivity index is 1.68. The first-order valence-corrected chi connectivity index (χ1v) is 11.7. The lowest BCUT2D eigenvalue weighted by Gasteiger charge is -2.30. The van der Waals surface area contributed by atoms with Crippen molar-refractivity contribution in [1.29, 1.82) is 0 Å². The number of carbonyl (C=O) groups is 4. The van der Waals surface area contributed by atoms with Gasteiger partial charge in [-0.15, -0.1) is 0 Å². The number of Topliss-reactive ketones (excluding diaryl/α,β-unsaturated/α-hetero) is 1. The van der Waals surface area contributed by atoms with Crippen molar-refractivity contribution in [2.24, 2.45) is 17.8 Å². The zero-order valence-electron chi connectivity index (χ0n) is 18.3. The summed E-state index contributed by atoms with van der Waals surface area (Å²) < 4.78 is 0.769. The molecule has 2 fully saturated rings. The van der Waals surface area contributed by atoms with Crippen LogP contribution in [0.5, 0.6) is 0 Å². The lowest BCUT2D eigenvalue weighted by molar-refractivity contribution is -0.384. The second kappa shape index (κ2) is 9.46. The van der Waals surface area contributed by atoms with Crippen LogP contribution in [0.3, 0.4) is 0 Å². The predicted molar refractivity (Wildman–Crippen MR) is 124 cm³/mol. The molecule has 34 heavy (non-hydrogen) atoms. The number of benzene rings is 2. The lowest BCUT2D eigenvalue weighted by atomic mass is 9.76. The maximum absolute atomic E-state index is 13.4. The number of rotatable bonds is 6. The van der Waals surface area contributed by atoms with Gasteiger partial charge in [-0.3, -0.25) is 29.3 Å². The molecule has 4 rings (SSSR count). The fourth-order valence-corrected chi connectivity index (χ4v) is 4.85. The summed E-state index contributed by atoms with van der Waals surface area (Å²) in [6.07, 6.45) is 1.90. The minimum Gasteiger partial charge on any atom is -0.292 e. The molecule has 1 aliphatic heterocycles. The molecule has 1 saturated heterocycles. The lowest BCUT2D eigenvalue weighted by Crippen LogP contribution is -2.52. The van der Waals surface area contributed by atoms with E-state index in [0.717, 1.165) is 33.0 Å². The summed E-state index contributed by atoms with van der Waals surface area (Å²) in [7, 11) is 0. The second-order valence-electron chi connectivity index (χ2n) is 8.72. The van der Waals surface area contributed by atoms with Crippen molar-refractivity contribution in [1.82, 2.24) is 10.0 Å². The van der Waals surface area contributed by atoms with Crippen molar-refractivity contribution in [3.8, 4) is 0 Å². The Kier molecular flexibility index (Phi) is 6.60. The fraction of sp³-hybridized carbons (Fsp3) is 0.333. The zero-order valence-corrected chi connectivity index (χ0v) is 19.9. The van der Waals surface area contributed by atoms with Crippen LogP contribution in [-0.2, 0) is 9.59 Å². The van der Waals surface area contributed by atoms with Crippen LogP contribution >= 0.6 is 15.9 Å². The molecule has 1 heterocycles. The number of halogens is 1. The van der Waals surface area contributed by atoms with Gasteiger partial charge in [-0.25, -0.2) is 5.01 Å². The molecule has 0 bridgehead atoms. The molecule has 0 radical (unpaired) electrons. The standard InChI is InChI=1S/C24H22BrN3O6/c1-14-2-11-19-20(12-14)24(32)27(23(19)31)26(13-21(29)15-3-7-17(25)8-4-15)22(30)16-5-9-18(10-6-16)28(33)34/h3-10,14,19-20H,2,11-13H2,1H3/t14-,19+,20+/m1/s1. The number of carbonyl (C=O) groups excluding carboxylic acids is 4. The first-order chi connectivity index (χ1) is 16.2. The number of amides is 3. The summed E-state index contributed by atoms with van der Waals surface area (Å²) in [5.74, 6) is -2.94. The van der Waals surface area contributed by atoms with E-state index in [4.69, 9.17) is 0 Å². The molecule has 2 aromatic rings. The van der Waals surface area contributed by atoms with Gasteiger partial charge in [0.15, 0.2) is 5.78 Å². The van der Waals surface area contributed by atoms with Crippen LogP contribution in [0, 0.1) is 27.9 Å². The number of hydrogen-bond donors (Lipinski definition) is 0. The minimum atomic E-state index is -0.756. The smallest absolute Gasteiger partial charge is 0.273 e. The molecule has 9 nitrogen and oxygen atoms in total. The van der Waals surface area contributed by atoms with E-state index in [2.05, 4.69) is 15.9 Å². The van der Waals surface area contributed by atoms with Crippen LogP contribution in [-0.4, -0.2) is 45.0 Å². The zero-order chi connectivity index (χ0) is 24.6. The Hall–Kier alpha value is -3.40. The third-order valence-electron chi connectivity index (χ3n) is 6.42. The molecule has 0 unspecified atom stereocenters. The summed E-state index contributed by atoms with van der Waals surface area (Å²) in [4.78, 5) is 63.4. The monoisotopic (exact) mass is 527 g/mol. The average molecular weight is 528 g/mol. The molecule has 176 valence electrons. The molecule has 3 atom stereocenters. The summed E-state index contributed by atoms with van der Waals surface area (Å²) in [5.41, 5.74) is 0.134. The van der Waals surface area contributed by atoms with E-state index in [1.165, 1.54) is 12.1 Å². The van der Waals surface area contributed by atoms with E-state index in [9.17, 15) is 29.3 Å². The molecule has 2 aromatic carbocycles. The number of fused-ring (bicyclic) bond motifs is 1. The van der Waals surface area contributed by atoms with E-state index < -0.39 is 46.8 Å². The highest BCUT2D eigenvalue weighted by Crippen LogP contribution is 2.41. The number of hydrazine groups is 1. The highest BCUT2D eigenvalue weighted by molar-refractivity contribution is 9.10. The van der Waals surface area contributed by atoms with Gasteiger partial charge < -0.3 is 0 Å². The van der Waals surface area contributed by atoms with Gasteiger partial charge in [-0.1, -0.05) is 35.0 Å². The molecule has 10 heteroatoms. The summed E-state index contributed by atoms with van der Waals surface area (Å²) in [6.45, 7) is 1.50. The van der Waals surface area contributed by atoms with Crippen molar-refractivity contribution in [3.05, 3.63) is 74.2 Å². The minimum absolute atomic E-state index is 0.0260. The molecule has 3 amide bonds. The van der Waals surface area contributed by atoms with Crippen LogP contribution in [0.2, 0.25) is 0 Å². The van der Waals surface area contributed by atoms with Crippen molar-refractivity contribution >= 4 is 45.1 Å². The number of ketones is 1. The molecular weight excluding hydrogens is 506 g/mol. The highest BCUT2D eigenvalue weighted by Gasteiger charge is 2.52. The van der Waals surface area contributed by atoms with E-state index in [0.29, 0.717) is 18.4 Å². The second-order valence-corrected chi connectivity index (χ2v) is 9.63. The Morgan fingerprint density at radius 2 is 1.59 bits per heavy atom. The number of nitrogens with zero attached hydrogens (tertiary/aromatic N) is 3. The Bertz CT molecular complexity index is 1160. The summed E-state index contributed by atoms with van der Waals surface area (Å²) >= 11 is 3.30. The van der Waals surface area contributed by atoms with Crippen molar-refractivity contribution < 1.29 is 24.1 Å². The molecular formula is C24H22BrN3O6. The van der Waals surface area contributed by atoms with Crippen molar-refractivity contribution in [3.63, 3.8) is 0 Å². The topological polar surface area (TPSA) is 118 Å². The Morgan fingerprint density at radius 3 is 2.21 bits per heavy atom. The molecule has 1 saturated carbocycles. The van der Waals surface area contributed by atoms with Crippen LogP contribution < -0.4 is 0 Å². The molecule has 2 aliphatic rings. The van der Waals surface area contributed by atoms with Crippen LogP contribution in [0.1, 0.15) is 46.9 Å². The number of nitro benzene ring substituents is 1. The first kappa shape index (κ1) is 23.7. The summed E-state index contributed by atoms with van der Waals surface area (Å²) in [5, 5.41) is 12.7. The van der Waals surface area contributed by atoms with Crippen molar-refractivity contribution in [2.45, 2.75) is 26.2 Å². The third-order valence-corrected chi connectivity index (χ3v) is 6.95. The Labute approximate surface area is 204 Å². The molecule has 0 aromatic heterocycles. The first-order valence-electron chi connectivity index (χ1n) is 10.9. The van der Waals surface area contributed by atoms with Gasteiger partial charge >= 0.3 is 0 Å². The number of hydrogen-bond acceptors (Lipinski definition) is 6. The predicted octanol–water partition coefficient (Wildman–Crippen LogP) is 4.02. The van der Waals surface area contributed by atoms with Gasteiger partial charge in [0, 0.05) is 27.7 Å². The molecule has 0 spiro atoms. The van der Waals surface area contributed by atoms with E-state index >= 15 is 0 Å². The molecule has 0 N–H and O–H groups in total. The van der Waals surface area contributed by atoms with Crippen LogP contribution in [0.25, 0.3) is 0 Å². The van der Waals surface area contributed by atoms with Gasteiger partial charge in [-0.05, 0) is 49.4 Å². The number of nitro groups is 1. The quantitative estimate of drug-likeness (QED) is 0.242. The maximum Gasteiger partial charge on any atom is 0.273 e. The van der Waals surface area contributed by atoms with Gasteiger partial charge in [0.05, 0.1) is 16.8 Å². The van der Waals surface area contributed by atoms with Crippen LogP contribution in [0.4, 0.5) is 5.69 Å². The van der Waals surface area contributed by atoms with Crippen LogP contribution in [0.15, 0.2) is 53.0 Å². The Morgan fingerprint density at radius 1 is 1.00 bits per heavy atom. The van der Waals surface area contributed by atoms with E-state index in [1.807, 2.05) is 6.92 Å². The van der Waals surface area contributed by atoms with Gasteiger partial charge in [-0.2, -0.15) is 5.01 Å². The fourth-order valence-electron chi connectivity index (χ4n) is 4.58.